The first-order valence-corrected chi connectivity index (χ1v) is 8.54. The first-order valence-electron chi connectivity index (χ1n) is 7.06. The van der Waals surface area contributed by atoms with Gasteiger partial charge in [-0.2, -0.15) is 0 Å². The summed E-state index contributed by atoms with van der Waals surface area (Å²) in [6, 6.07) is 6.96. The lowest BCUT2D eigenvalue weighted by molar-refractivity contribution is 0.444. The molecule has 0 bridgehead atoms. The van der Waals surface area contributed by atoms with Gasteiger partial charge in [0.2, 0.25) is 10.0 Å². The van der Waals surface area contributed by atoms with Gasteiger partial charge in [-0.3, -0.25) is 0 Å². The molecule has 108 valence electrons. The molecular weight excluding hydrogens is 258 g/mol. The van der Waals surface area contributed by atoms with Gasteiger partial charge in [0.05, 0.1) is 4.90 Å². The Hall–Kier alpha value is -0.870. The third kappa shape index (κ3) is 5.33. The molecule has 1 aromatic rings. The van der Waals surface area contributed by atoms with Crippen molar-refractivity contribution in [3.63, 3.8) is 0 Å². The van der Waals surface area contributed by atoms with E-state index in [9.17, 15) is 8.42 Å². The van der Waals surface area contributed by atoms with Gasteiger partial charge in [-0.25, -0.2) is 13.1 Å². The van der Waals surface area contributed by atoms with Crippen molar-refractivity contribution >= 4 is 10.0 Å². The highest BCUT2D eigenvalue weighted by Gasteiger charge is 2.15. The molecule has 0 aliphatic carbocycles. The predicted octanol–water partition coefficient (Wildman–Crippen LogP) is 3.49. The molecule has 0 aliphatic rings. The lowest BCUT2D eigenvalue weighted by Crippen LogP contribution is -2.29. The molecule has 0 aromatic heterocycles. The van der Waals surface area contributed by atoms with Crippen molar-refractivity contribution in [1.29, 1.82) is 0 Å². The molecule has 0 radical (unpaired) electrons. The molecule has 19 heavy (non-hydrogen) atoms. The summed E-state index contributed by atoms with van der Waals surface area (Å²) in [4.78, 5) is 0.350. The molecule has 1 rings (SSSR count). The molecular formula is C15H25NO2S. The van der Waals surface area contributed by atoms with Gasteiger partial charge in [0.25, 0.3) is 0 Å². The van der Waals surface area contributed by atoms with Gasteiger partial charge >= 0.3 is 0 Å². The Kier molecular flexibility index (Phi) is 6.52. The lowest BCUT2D eigenvalue weighted by atomic mass is 10.00. The van der Waals surface area contributed by atoms with Gasteiger partial charge in [-0.15, -0.1) is 0 Å². The summed E-state index contributed by atoms with van der Waals surface area (Å²) >= 11 is 0. The highest BCUT2D eigenvalue weighted by molar-refractivity contribution is 7.89. The summed E-state index contributed by atoms with van der Waals surface area (Å²) < 4.78 is 27.0. The fraction of sp³-hybridized carbons (Fsp3) is 0.600. The number of nitrogens with one attached hydrogen (secondary N) is 1. The number of aryl methyl sites for hydroxylation is 1. The topological polar surface area (TPSA) is 46.2 Å². The zero-order chi connectivity index (χ0) is 14.3. The van der Waals surface area contributed by atoms with Crippen LogP contribution in [-0.2, 0) is 10.0 Å². The van der Waals surface area contributed by atoms with Crippen molar-refractivity contribution in [3.8, 4) is 0 Å². The molecule has 0 saturated heterocycles. The monoisotopic (exact) mass is 283 g/mol. The molecule has 3 nitrogen and oxygen atoms in total. The van der Waals surface area contributed by atoms with E-state index < -0.39 is 10.0 Å². The highest BCUT2D eigenvalue weighted by atomic mass is 32.2. The SMILES string of the molecule is CCCC[C@@H](CC)CNS(=O)(=O)c1ccc(C)cc1. The van der Waals surface area contributed by atoms with E-state index in [4.69, 9.17) is 0 Å². The number of benzene rings is 1. The van der Waals surface area contributed by atoms with E-state index in [1.54, 1.807) is 12.1 Å². The van der Waals surface area contributed by atoms with Gasteiger partial charge in [-0.05, 0) is 31.4 Å². The van der Waals surface area contributed by atoms with Crippen LogP contribution < -0.4 is 4.72 Å². The molecule has 0 amide bonds. The van der Waals surface area contributed by atoms with E-state index in [0.29, 0.717) is 17.4 Å². The first kappa shape index (κ1) is 16.2. The maximum atomic E-state index is 12.1. The van der Waals surface area contributed by atoms with Crippen LogP contribution in [0.2, 0.25) is 0 Å². The van der Waals surface area contributed by atoms with E-state index in [-0.39, 0.29) is 0 Å². The van der Waals surface area contributed by atoms with E-state index in [1.807, 2.05) is 19.1 Å². The molecule has 1 aromatic carbocycles. The Morgan fingerprint density at radius 2 is 1.79 bits per heavy atom. The van der Waals surface area contributed by atoms with Crippen LogP contribution in [-0.4, -0.2) is 15.0 Å². The fourth-order valence-corrected chi connectivity index (χ4v) is 3.09. The average Bonchev–Trinajstić information content (AvgIpc) is 2.39. The van der Waals surface area contributed by atoms with E-state index >= 15 is 0 Å². The van der Waals surface area contributed by atoms with Crippen molar-refractivity contribution in [2.75, 3.05) is 6.54 Å². The quantitative estimate of drug-likeness (QED) is 0.794. The summed E-state index contributed by atoms with van der Waals surface area (Å²) in [6.07, 6.45) is 4.41. The van der Waals surface area contributed by atoms with Crippen LogP contribution in [0.5, 0.6) is 0 Å². The molecule has 0 saturated carbocycles. The smallest absolute Gasteiger partial charge is 0.211 e. The summed E-state index contributed by atoms with van der Waals surface area (Å²) in [6.45, 7) is 6.75. The minimum absolute atomic E-state index is 0.350. The zero-order valence-corrected chi connectivity index (χ0v) is 13.0. The summed E-state index contributed by atoms with van der Waals surface area (Å²) in [5, 5.41) is 0. The fourth-order valence-electron chi connectivity index (χ4n) is 1.97. The highest BCUT2D eigenvalue weighted by Crippen LogP contribution is 2.14. The van der Waals surface area contributed by atoms with Crippen molar-refractivity contribution in [1.82, 2.24) is 4.72 Å². The minimum atomic E-state index is -3.36. The van der Waals surface area contributed by atoms with Crippen LogP contribution >= 0.6 is 0 Å². The zero-order valence-electron chi connectivity index (χ0n) is 12.1. The van der Waals surface area contributed by atoms with Crippen LogP contribution in [0.3, 0.4) is 0 Å². The number of hydrogen-bond acceptors (Lipinski definition) is 2. The molecule has 0 heterocycles. The molecule has 0 unspecified atom stereocenters. The van der Waals surface area contributed by atoms with Crippen LogP contribution in [0.25, 0.3) is 0 Å². The minimum Gasteiger partial charge on any atom is -0.211 e. The number of hydrogen-bond donors (Lipinski definition) is 1. The standard InChI is InChI=1S/C15H25NO2S/c1-4-6-7-14(5-2)12-16-19(17,18)15-10-8-13(3)9-11-15/h8-11,14,16H,4-7,12H2,1-3H3/t14-/m1/s1. The Morgan fingerprint density at radius 1 is 1.16 bits per heavy atom. The van der Waals surface area contributed by atoms with Gasteiger partial charge in [0.1, 0.15) is 0 Å². The molecule has 1 atom stereocenters. The second-order valence-electron chi connectivity index (χ2n) is 5.08. The molecule has 0 aliphatic heterocycles. The summed E-state index contributed by atoms with van der Waals surface area (Å²) in [5.41, 5.74) is 1.06. The van der Waals surface area contributed by atoms with E-state index in [2.05, 4.69) is 18.6 Å². The Labute approximate surface area is 117 Å². The van der Waals surface area contributed by atoms with Crippen molar-refractivity contribution in [2.45, 2.75) is 51.3 Å². The second kappa shape index (κ2) is 7.65. The summed E-state index contributed by atoms with van der Waals surface area (Å²) in [5.74, 6) is 0.431. The van der Waals surface area contributed by atoms with Crippen LogP contribution in [0.15, 0.2) is 29.2 Å². The van der Waals surface area contributed by atoms with Crippen molar-refractivity contribution in [3.05, 3.63) is 29.8 Å². The number of unbranched alkanes of at least 4 members (excludes halogenated alkanes) is 1. The van der Waals surface area contributed by atoms with Crippen LogP contribution in [0, 0.1) is 12.8 Å². The average molecular weight is 283 g/mol. The third-order valence-corrected chi connectivity index (χ3v) is 4.88. The second-order valence-corrected chi connectivity index (χ2v) is 6.85. The van der Waals surface area contributed by atoms with Crippen molar-refractivity contribution in [2.24, 2.45) is 5.92 Å². The summed E-state index contributed by atoms with van der Waals surface area (Å²) in [7, 11) is -3.36. The Bertz CT molecular complexity index is 465. The van der Waals surface area contributed by atoms with Gasteiger partial charge in [-0.1, -0.05) is 50.8 Å². The largest absolute Gasteiger partial charge is 0.240 e. The lowest BCUT2D eigenvalue weighted by Gasteiger charge is -2.15. The maximum absolute atomic E-state index is 12.1. The van der Waals surface area contributed by atoms with Crippen LogP contribution in [0.4, 0.5) is 0 Å². The van der Waals surface area contributed by atoms with Crippen molar-refractivity contribution < 1.29 is 8.42 Å². The van der Waals surface area contributed by atoms with E-state index in [0.717, 1.165) is 31.2 Å². The number of sulfonamides is 1. The van der Waals surface area contributed by atoms with Crippen LogP contribution in [0.1, 0.15) is 45.1 Å². The van der Waals surface area contributed by atoms with Gasteiger partial charge < -0.3 is 0 Å². The predicted molar refractivity (Wildman–Crippen MR) is 79.7 cm³/mol. The van der Waals surface area contributed by atoms with Gasteiger partial charge in [0.15, 0.2) is 0 Å². The maximum Gasteiger partial charge on any atom is 0.240 e. The molecule has 4 heteroatoms. The van der Waals surface area contributed by atoms with Gasteiger partial charge in [0, 0.05) is 6.54 Å². The normalized spacial score (nSPS) is 13.4. The molecule has 0 spiro atoms. The van der Waals surface area contributed by atoms with E-state index in [1.165, 1.54) is 0 Å². The Balaban J connectivity index is 2.61. The molecule has 0 fully saturated rings. The third-order valence-electron chi connectivity index (χ3n) is 3.44. The first-order chi connectivity index (χ1) is 8.99. The Morgan fingerprint density at radius 3 is 2.32 bits per heavy atom. The number of rotatable bonds is 8. The molecule has 1 N–H and O–H groups in total.